The average Bonchev–Trinajstić information content (AvgIpc) is 3.16. The Kier molecular flexibility index (Phi) is 6.47. The van der Waals surface area contributed by atoms with Gasteiger partial charge in [0, 0.05) is 12.0 Å². The minimum absolute atomic E-state index is 0. The molecular weight excluding hydrogens is 366 g/mol. The van der Waals surface area contributed by atoms with Gasteiger partial charge in [0.25, 0.3) is 0 Å². The lowest BCUT2D eigenvalue weighted by Crippen LogP contribution is -3.16. The number of quaternary nitrogens is 1. The van der Waals surface area contributed by atoms with Gasteiger partial charge >= 0.3 is 0 Å². The Bertz CT molecular complexity index is 752. The van der Waals surface area contributed by atoms with Crippen molar-refractivity contribution in [1.29, 1.82) is 0 Å². The molecule has 0 aromatic heterocycles. The molecule has 0 spiro atoms. The highest BCUT2D eigenvalue weighted by Gasteiger charge is 2.33. The summed E-state index contributed by atoms with van der Waals surface area (Å²) in [7, 11) is 1.66. The van der Waals surface area contributed by atoms with Crippen LogP contribution in [0, 0.1) is 0 Å². The molecule has 5 nitrogen and oxygen atoms in total. The fourth-order valence-electron chi connectivity index (χ4n) is 4.05. The molecule has 2 aromatic rings. The SMILES string of the molecule is COc1ccc(C(O)C2CCCC[NH+]2Cc2ccc3c(c2)OCO3)cc1.[Cl-]. The van der Waals surface area contributed by atoms with Crippen LogP contribution in [-0.4, -0.2) is 31.6 Å². The lowest BCUT2D eigenvalue weighted by atomic mass is 9.92. The molecule has 0 bridgehead atoms. The van der Waals surface area contributed by atoms with E-state index in [0.717, 1.165) is 42.3 Å². The van der Waals surface area contributed by atoms with Gasteiger partial charge in [0.05, 0.1) is 13.7 Å². The van der Waals surface area contributed by atoms with Crippen LogP contribution in [0.15, 0.2) is 42.5 Å². The van der Waals surface area contributed by atoms with E-state index >= 15 is 0 Å². The maximum Gasteiger partial charge on any atom is 0.231 e. The van der Waals surface area contributed by atoms with Crippen LogP contribution in [0.2, 0.25) is 0 Å². The van der Waals surface area contributed by atoms with Crippen LogP contribution in [0.5, 0.6) is 17.2 Å². The maximum absolute atomic E-state index is 11.0. The summed E-state index contributed by atoms with van der Waals surface area (Å²) < 4.78 is 16.1. The third-order valence-corrected chi connectivity index (χ3v) is 5.49. The second-order valence-corrected chi connectivity index (χ2v) is 7.09. The fourth-order valence-corrected chi connectivity index (χ4v) is 4.05. The molecule has 4 rings (SSSR count). The molecule has 2 aliphatic heterocycles. The minimum Gasteiger partial charge on any atom is -1.00 e. The Labute approximate surface area is 166 Å². The second kappa shape index (κ2) is 8.83. The van der Waals surface area contributed by atoms with E-state index in [1.54, 1.807) is 7.11 Å². The summed E-state index contributed by atoms with van der Waals surface area (Å²) in [5, 5.41) is 11.0. The largest absolute Gasteiger partial charge is 1.00 e. The third-order valence-electron chi connectivity index (χ3n) is 5.49. The Morgan fingerprint density at radius 2 is 1.89 bits per heavy atom. The molecule has 27 heavy (non-hydrogen) atoms. The van der Waals surface area contributed by atoms with Crippen molar-refractivity contribution in [2.24, 2.45) is 0 Å². The average molecular weight is 392 g/mol. The van der Waals surface area contributed by atoms with Crippen molar-refractivity contribution in [3.63, 3.8) is 0 Å². The van der Waals surface area contributed by atoms with Crippen LogP contribution in [0.25, 0.3) is 0 Å². The summed E-state index contributed by atoms with van der Waals surface area (Å²) in [6, 6.07) is 14.1. The number of fused-ring (bicyclic) bond motifs is 1. The van der Waals surface area contributed by atoms with Gasteiger partial charge in [-0.2, -0.15) is 0 Å². The highest BCUT2D eigenvalue weighted by Crippen LogP contribution is 2.32. The van der Waals surface area contributed by atoms with Crippen molar-refractivity contribution >= 4 is 0 Å². The molecule has 146 valence electrons. The highest BCUT2D eigenvalue weighted by atomic mass is 35.5. The van der Waals surface area contributed by atoms with Crippen molar-refractivity contribution in [1.82, 2.24) is 0 Å². The number of likely N-dealkylation sites (tertiary alicyclic amines) is 1. The van der Waals surface area contributed by atoms with E-state index in [1.165, 1.54) is 23.3 Å². The topological polar surface area (TPSA) is 52.4 Å². The van der Waals surface area contributed by atoms with Crippen molar-refractivity contribution in [2.45, 2.75) is 38.0 Å². The van der Waals surface area contributed by atoms with Gasteiger partial charge in [0.1, 0.15) is 24.4 Å². The smallest absolute Gasteiger partial charge is 0.231 e. The predicted octanol–water partition coefficient (Wildman–Crippen LogP) is -0.901. The zero-order valence-corrected chi connectivity index (χ0v) is 16.2. The molecule has 1 saturated heterocycles. The number of benzene rings is 2. The highest BCUT2D eigenvalue weighted by molar-refractivity contribution is 5.44. The van der Waals surface area contributed by atoms with Gasteiger partial charge in [0.15, 0.2) is 11.5 Å². The summed E-state index contributed by atoms with van der Waals surface area (Å²) >= 11 is 0. The molecule has 1 fully saturated rings. The van der Waals surface area contributed by atoms with E-state index in [-0.39, 0.29) is 18.4 Å². The minimum atomic E-state index is -0.467. The second-order valence-electron chi connectivity index (χ2n) is 7.09. The van der Waals surface area contributed by atoms with Crippen molar-refractivity contribution in [3.05, 3.63) is 53.6 Å². The monoisotopic (exact) mass is 391 g/mol. The first-order valence-corrected chi connectivity index (χ1v) is 9.30. The van der Waals surface area contributed by atoms with E-state index in [9.17, 15) is 5.11 Å². The molecule has 3 unspecified atom stereocenters. The lowest BCUT2D eigenvalue weighted by Gasteiger charge is -2.35. The molecule has 2 aromatic carbocycles. The van der Waals surface area contributed by atoms with Crippen molar-refractivity contribution < 1.29 is 36.6 Å². The molecule has 0 amide bonds. The number of aliphatic hydroxyl groups excluding tert-OH is 1. The summed E-state index contributed by atoms with van der Waals surface area (Å²) in [6.45, 7) is 2.26. The van der Waals surface area contributed by atoms with Crippen LogP contribution in [0.4, 0.5) is 0 Å². The van der Waals surface area contributed by atoms with Crippen LogP contribution in [-0.2, 0) is 6.54 Å². The molecule has 0 aliphatic carbocycles. The van der Waals surface area contributed by atoms with Gasteiger partial charge in [-0.1, -0.05) is 12.1 Å². The van der Waals surface area contributed by atoms with E-state index in [4.69, 9.17) is 14.2 Å². The quantitative estimate of drug-likeness (QED) is 0.693. The molecule has 0 saturated carbocycles. The van der Waals surface area contributed by atoms with Crippen LogP contribution >= 0.6 is 0 Å². The van der Waals surface area contributed by atoms with E-state index in [1.807, 2.05) is 30.3 Å². The first kappa shape index (κ1) is 19.8. The molecule has 0 radical (unpaired) electrons. The number of hydrogen-bond donors (Lipinski definition) is 2. The normalized spacial score (nSPS) is 22.0. The van der Waals surface area contributed by atoms with E-state index in [0.29, 0.717) is 6.79 Å². The van der Waals surface area contributed by atoms with Gasteiger partial charge in [0.2, 0.25) is 6.79 Å². The Morgan fingerprint density at radius 3 is 2.67 bits per heavy atom. The number of aliphatic hydroxyl groups is 1. The van der Waals surface area contributed by atoms with Gasteiger partial charge in [-0.05, 0) is 48.7 Å². The van der Waals surface area contributed by atoms with Gasteiger partial charge < -0.3 is 36.6 Å². The molecule has 2 heterocycles. The fraction of sp³-hybridized carbons (Fsp3) is 0.429. The number of nitrogens with one attached hydrogen (secondary N) is 1. The number of piperidine rings is 1. The molecule has 6 heteroatoms. The maximum atomic E-state index is 11.0. The Balaban J connectivity index is 0.00000210. The zero-order chi connectivity index (χ0) is 17.9. The number of ether oxygens (including phenoxy) is 3. The number of methoxy groups -OCH3 is 1. The van der Waals surface area contributed by atoms with Gasteiger partial charge in [-0.25, -0.2) is 0 Å². The molecule has 2 N–H and O–H groups in total. The first-order valence-electron chi connectivity index (χ1n) is 9.30. The number of rotatable bonds is 5. The van der Waals surface area contributed by atoms with Gasteiger partial charge in [-0.15, -0.1) is 0 Å². The summed E-state index contributed by atoms with van der Waals surface area (Å²) in [5.41, 5.74) is 2.18. The van der Waals surface area contributed by atoms with Crippen molar-refractivity contribution in [2.75, 3.05) is 20.4 Å². The van der Waals surface area contributed by atoms with E-state index in [2.05, 4.69) is 12.1 Å². The van der Waals surface area contributed by atoms with Crippen LogP contribution in [0.3, 0.4) is 0 Å². The standard InChI is InChI=1S/C21H25NO4.ClH/c1-24-17-8-6-16(7-9-17)21(23)18-4-2-3-11-22(18)13-15-5-10-19-20(12-15)26-14-25-19;/h5-10,12,18,21,23H,2-4,11,13-14H2,1H3;1H. The van der Waals surface area contributed by atoms with Gasteiger partial charge in [-0.3, -0.25) is 0 Å². The third kappa shape index (κ3) is 4.32. The molecule has 2 aliphatic rings. The predicted molar refractivity (Wildman–Crippen MR) is 97.7 cm³/mol. The summed E-state index contributed by atoms with van der Waals surface area (Å²) in [5.74, 6) is 2.46. The summed E-state index contributed by atoms with van der Waals surface area (Å²) in [6.07, 6.45) is 2.94. The van der Waals surface area contributed by atoms with E-state index < -0.39 is 6.10 Å². The molecular formula is C21H26ClNO4. The summed E-state index contributed by atoms with van der Waals surface area (Å²) in [4.78, 5) is 1.43. The Morgan fingerprint density at radius 1 is 1.11 bits per heavy atom. The first-order chi connectivity index (χ1) is 12.7. The van der Waals surface area contributed by atoms with Crippen molar-refractivity contribution in [3.8, 4) is 17.2 Å². The Hall–Kier alpha value is -1.95. The zero-order valence-electron chi connectivity index (χ0n) is 15.5. The van der Waals surface area contributed by atoms with Crippen LogP contribution < -0.4 is 31.5 Å². The van der Waals surface area contributed by atoms with Crippen LogP contribution in [0.1, 0.15) is 36.5 Å². The number of halogens is 1. The lowest BCUT2D eigenvalue weighted by molar-refractivity contribution is -0.948. The molecule has 3 atom stereocenters. The number of hydrogen-bond acceptors (Lipinski definition) is 4.